The highest BCUT2D eigenvalue weighted by molar-refractivity contribution is 5.13. The minimum absolute atomic E-state index is 0.0815. The Labute approximate surface area is 78.6 Å². The lowest BCUT2D eigenvalue weighted by atomic mass is 9.80. The van der Waals surface area contributed by atoms with Crippen LogP contribution in [0.5, 0.6) is 0 Å². The molecular weight excluding hydrogens is 164 g/mol. The van der Waals surface area contributed by atoms with E-state index in [1.54, 1.807) is 6.20 Å². The highest BCUT2D eigenvalue weighted by atomic mass is 16.3. The molecule has 3 heteroatoms. The van der Waals surface area contributed by atoms with Crippen LogP contribution in [0.3, 0.4) is 0 Å². The first-order valence-corrected chi connectivity index (χ1v) is 4.53. The van der Waals surface area contributed by atoms with Crippen LogP contribution in [0.15, 0.2) is 24.4 Å². The number of hydrogen-bond donors (Lipinski definition) is 2. The van der Waals surface area contributed by atoms with Crippen LogP contribution < -0.4 is 5.73 Å². The first-order chi connectivity index (χ1) is 6.36. The van der Waals surface area contributed by atoms with E-state index in [2.05, 4.69) is 10.7 Å². The van der Waals surface area contributed by atoms with Crippen LogP contribution in [0.25, 0.3) is 0 Å². The molecule has 1 aliphatic rings. The molecule has 0 atom stereocenters. The molecule has 3 nitrogen and oxygen atoms in total. The molecule has 1 fully saturated rings. The quantitative estimate of drug-likeness (QED) is 0.675. The SMILES string of the molecule is CN.OC1CC(c2ccccn2)C1. The standard InChI is InChI=1S/C9H11NO.CH5N/c11-8-5-7(6-8)9-3-1-2-4-10-9;1-2/h1-4,7-8,11H,5-6H2;2H2,1H3. The van der Waals surface area contributed by atoms with Gasteiger partial charge in [0.1, 0.15) is 0 Å². The summed E-state index contributed by atoms with van der Waals surface area (Å²) >= 11 is 0. The van der Waals surface area contributed by atoms with E-state index in [9.17, 15) is 0 Å². The lowest BCUT2D eigenvalue weighted by Gasteiger charge is -2.30. The summed E-state index contributed by atoms with van der Waals surface area (Å²) in [6, 6.07) is 5.93. The second kappa shape index (κ2) is 4.94. The van der Waals surface area contributed by atoms with Crippen molar-refractivity contribution in [2.75, 3.05) is 7.05 Å². The van der Waals surface area contributed by atoms with E-state index in [0.717, 1.165) is 18.5 Å². The number of rotatable bonds is 1. The third-order valence-corrected chi connectivity index (χ3v) is 2.22. The van der Waals surface area contributed by atoms with Crippen molar-refractivity contribution in [2.24, 2.45) is 5.73 Å². The molecule has 1 aliphatic carbocycles. The molecule has 0 aromatic carbocycles. The summed E-state index contributed by atoms with van der Waals surface area (Å²) in [7, 11) is 1.50. The largest absolute Gasteiger partial charge is 0.393 e. The van der Waals surface area contributed by atoms with E-state index in [4.69, 9.17) is 5.11 Å². The summed E-state index contributed by atoms with van der Waals surface area (Å²) in [5.74, 6) is 0.506. The van der Waals surface area contributed by atoms with Gasteiger partial charge in [-0.25, -0.2) is 0 Å². The maximum absolute atomic E-state index is 9.05. The average Bonchev–Trinajstić information content (AvgIpc) is 2.18. The van der Waals surface area contributed by atoms with Crippen LogP contribution in [-0.4, -0.2) is 23.2 Å². The number of nitrogens with two attached hydrogens (primary N) is 1. The van der Waals surface area contributed by atoms with E-state index in [0.29, 0.717) is 5.92 Å². The van der Waals surface area contributed by atoms with Crippen molar-refractivity contribution < 1.29 is 5.11 Å². The smallest absolute Gasteiger partial charge is 0.0553 e. The van der Waals surface area contributed by atoms with E-state index in [1.807, 2.05) is 18.2 Å². The van der Waals surface area contributed by atoms with E-state index < -0.39 is 0 Å². The molecule has 0 radical (unpaired) electrons. The third kappa shape index (κ3) is 2.50. The fraction of sp³-hybridized carbons (Fsp3) is 0.500. The molecule has 0 bridgehead atoms. The molecule has 72 valence electrons. The van der Waals surface area contributed by atoms with Crippen molar-refractivity contribution in [3.63, 3.8) is 0 Å². The Morgan fingerprint density at radius 2 is 2.08 bits per heavy atom. The average molecular weight is 180 g/mol. The van der Waals surface area contributed by atoms with Crippen LogP contribution in [0.4, 0.5) is 0 Å². The Morgan fingerprint density at radius 1 is 1.38 bits per heavy atom. The van der Waals surface area contributed by atoms with Gasteiger partial charge < -0.3 is 10.8 Å². The lowest BCUT2D eigenvalue weighted by molar-refractivity contribution is 0.0732. The van der Waals surface area contributed by atoms with Crippen molar-refractivity contribution in [1.29, 1.82) is 0 Å². The molecule has 0 aliphatic heterocycles. The molecule has 13 heavy (non-hydrogen) atoms. The van der Waals surface area contributed by atoms with Gasteiger partial charge in [-0.3, -0.25) is 4.98 Å². The van der Waals surface area contributed by atoms with Crippen molar-refractivity contribution in [3.05, 3.63) is 30.1 Å². The molecule has 2 rings (SSSR count). The van der Waals surface area contributed by atoms with Crippen molar-refractivity contribution >= 4 is 0 Å². The Bertz CT molecular complexity index is 232. The van der Waals surface area contributed by atoms with Crippen molar-refractivity contribution in [3.8, 4) is 0 Å². The second-order valence-electron chi connectivity index (χ2n) is 3.08. The molecule has 1 aromatic heterocycles. The molecule has 1 heterocycles. The van der Waals surface area contributed by atoms with E-state index in [1.165, 1.54) is 7.05 Å². The predicted molar refractivity (Wildman–Crippen MR) is 52.3 cm³/mol. The molecule has 3 N–H and O–H groups in total. The van der Waals surface area contributed by atoms with Crippen molar-refractivity contribution in [2.45, 2.75) is 24.9 Å². The van der Waals surface area contributed by atoms with Gasteiger partial charge in [-0.15, -0.1) is 0 Å². The zero-order valence-corrected chi connectivity index (χ0v) is 7.85. The molecule has 0 saturated heterocycles. The van der Waals surface area contributed by atoms with Gasteiger partial charge in [-0.1, -0.05) is 6.07 Å². The first-order valence-electron chi connectivity index (χ1n) is 4.53. The number of pyridine rings is 1. The number of aromatic nitrogens is 1. The van der Waals surface area contributed by atoms with Crippen molar-refractivity contribution in [1.82, 2.24) is 4.98 Å². The maximum atomic E-state index is 9.05. The first kappa shape index (κ1) is 10.2. The number of hydrogen-bond acceptors (Lipinski definition) is 3. The Kier molecular flexibility index (Phi) is 3.86. The Hall–Kier alpha value is -0.930. The fourth-order valence-corrected chi connectivity index (χ4v) is 1.45. The topological polar surface area (TPSA) is 59.1 Å². The summed E-state index contributed by atoms with van der Waals surface area (Å²) in [5.41, 5.74) is 5.62. The minimum atomic E-state index is -0.0815. The van der Waals surface area contributed by atoms with Gasteiger partial charge in [0, 0.05) is 17.8 Å². The number of aliphatic hydroxyl groups is 1. The van der Waals surface area contributed by atoms with Crippen LogP contribution in [0.2, 0.25) is 0 Å². The van der Waals surface area contributed by atoms with Gasteiger partial charge >= 0.3 is 0 Å². The van der Waals surface area contributed by atoms with Gasteiger partial charge in [0.2, 0.25) is 0 Å². The van der Waals surface area contributed by atoms with Crippen LogP contribution >= 0.6 is 0 Å². The summed E-state index contributed by atoms with van der Waals surface area (Å²) < 4.78 is 0. The van der Waals surface area contributed by atoms with Gasteiger partial charge in [0.05, 0.1) is 6.10 Å². The molecule has 1 saturated carbocycles. The molecule has 0 spiro atoms. The van der Waals surface area contributed by atoms with Crippen LogP contribution in [0.1, 0.15) is 24.5 Å². The molecule has 1 aromatic rings. The maximum Gasteiger partial charge on any atom is 0.0553 e. The third-order valence-electron chi connectivity index (χ3n) is 2.22. The zero-order chi connectivity index (χ0) is 9.68. The highest BCUT2D eigenvalue weighted by Gasteiger charge is 2.28. The zero-order valence-electron chi connectivity index (χ0n) is 7.85. The van der Waals surface area contributed by atoms with Gasteiger partial charge in [0.15, 0.2) is 0 Å². The van der Waals surface area contributed by atoms with Crippen LogP contribution in [-0.2, 0) is 0 Å². The van der Waals surface area contributed by atoms with Gasteiger partial charge in [-0.05, 0) is 32.0 Å². The normalized spacial score (nSPS) is 25.5. The van der Waals surface area contributed by atoms with Crippen LogP contribution in [0, 0.1) is 0 Å². The predicted octanol–water partition coefficient (Wildman–Crippen LogP) is 0.895. The Balaban J connectivity index is 0.000000396. The minimum Gasteiger partial charge on any atom is -0.393 e. The van der Waals surface area contributed by atoms with Gasteiger partial charge in [0.25, 0.3) is 0 Å². The molecular formula is C10H16N2O. The number of nitrogens with zero attached hydrogens (tertiary/aromatic N) is 1. The summed E-state index contributed by atoms with van der Waals surface area (Å²) in [4.78, 5) is 4.22. The van der Waals surface area contributed by atoms with E-state index in [-0.39, 0.29) is 6.10 Å². The van der Waals surface area contributed by atoms with Gasteiger partial charge in [-0.2, -0.15) is 0 Å². The van der Waals surface area contributed by atoms with E-state index >= 15 is 0 Å². The Morgan fingerprint density at radius 3 is 2.54 bits per heavy atom. The number of aliphatic hydroxyl groups excluding tert-OH is 1. The highest BCUT2D eigenvalue weighted by Crippen LogP contribution is 2.35. The molecule has 0 unspecified atom stereocenters. The second-order valence-corrected chi connectivity index (χ2v) is 3.08. The summed E-state index contributed by atoms with van der Waals surface area (Å²) in [6.45, 7) is 0. The molecule has 0 amide bonds. The summed E-state index contributed by atoms with van der Waals surface area (Å²) in [6.07, 6.45) is 3.50. The fourth-order valence-electron chi connectivity index (χ4n) is 1.45. The summed E-state index contributed by atoms with van der Waals surface area (Å²) in [5, 5.41) is 9.05. The lowest BCUT2D eigenvalue weighted by Crippen LogP contribution is -2.26. The monoisotopic (exact) mass is 180 g/mol.